The quantitative estimate of drug-likeness (QED) is 0.846. The Morgan fingerprint density at radius 3 is 2.95 bits per heavy atom. The minimum Gasteiger partial charge on any atom is -0.333 e. The van der Waals surface area contributed by atoms with Crippen LogP contribution in [0.3, 0.4) is 0 Å². The summed E-state index contributed by atoms with van der Waals surface area (Å²) in [4.78, 5) is 5.56. The van der Waals surface area contributed by atoms with Gasteiger partial charge < -0.3 is 9.88 Å². The zero-order chi connectivity index (χ0) is 13.7. The third kappa shape index (κ3) is 4.64. The fraction of sp³-hybridized carbons (Fsp3) is 0.500. The average Bonchev–Trinajstić information content (AvgIpc) is 2.95. The molecule has 5 heteroatoms. The van der Waals surface area contributed by atoms with Crippen molar-refractivity contribution < 1.29 is 0 Å². The Kier molecular flexibility index (Phi) is 5.43. The molecule has 0 atom stereocenters. The fourth-order valence-electron chi connectivity index (χ4n) is 1.90. The van der Waals surface area contributed by atoms with Crippen LogP contribution >= 0.6 is 22.9 Å². The number of thiophene rings is 1. The van der Waals surface area contributed by atoms with E-state index in [9.17, 15) is 0 Å². The van der Waals surface area contributed by atoms with E-state index in [0.717, 1.165) is 30.4 Å². The van der Waals surface area contributed by atoms with Crippen molar-refractivity contribution >= 4 is 22.9 Å². The molecule has 0 radical (unpaired) electrons. The maximum absolute atomic E-state index is 5.94. The van der Waals surface area contributed by atoms with Crippen LogP contribution < -0.4 is 5.32 Å². The van der Waals surface area contributed by atoms with Gasteiger partial charge in [-0.25, -0.2) is 4.98 Å². The lowest BCUT2D eigenvalue weighted by Gasteiger charge is -2.10. The molecule has 0 saturated carbocycles. The summed E-state index contributed by atoms with van der Waals surface area (Å²) in [6.45, 7) is 7.29. The maximum Gasteiger partial charge on any atom is 0.0948 e. The molecule has 0 unspecified atom stereocenters. The predicted octanol–water partition coefficient (Wildman–Crippen LogP) is 3.59. The van der Waals surface area contributed by atoms with Crippen molar-refractivity contribution in [1.82, 2.24) is 14.9 Å². The van der Waals surface area contributed by atoms with Gasteiger partial charge in [-0.15, -0.1) is 11.3 Å². The normalized spacial score (nSPS) is 11.4. The van der Waals surface area contributed by atoms with Crippen LogP contribution in [0.25, 0.3) is 0 Å². The van der Waals surface area contributed by atoms with E-state index >= 15 is 0 Å². The van der Waals surface area contributed by atoms with Gasteiger partial charge in [-0.1, -0.05) is 25.4 Å². The molecule has 0 aromatic carbocycles. The van der Waals surface area contributed by atoms with E-state index in [4.69, 9.17) is 11.6 Å². The number of aromatic nitrogens is 2. The standard InChI is InChI=1S/C14H20ClN3S/c1-11(2)7-16-8-12-9-17-10-18(12)6-5-13-3-4-14(15)19-13/h3-4,9-11,16H,5-8H2,1-2H3. The van der Waals surface area contributed by atoms with Crippen molar-refractivity contribution in [2.24, 2.45) is 5.92 Å². The highest BCUT2D eigenvalue weighted by atomic mass is 35.5. The summed E-state index contributed by atoms with van der Waals surface area (Å²) in [5, 5.41) is 3.45. The fourth-order valence-corrected chi connectivity index (χ4v) is 2.98. The van der Waals surface area contributed by atoms with Crippen LogP contribution in [0.2, 0.25) is 4.34 Å². The molecule has 0 fully saturated rings. The second-order valence-corrected chi connectivity index (χ2v) is 6.86. The summed E-state index contributed by atoms with van der Waals surface area (Å²) in [5.74, 6) is 0.671. The van der Waals surface area contributed by atoms with E-state index < -0.39 is 0 Å². The van der Waals surface area contributed by atoms with Crippen molar-refractivity contribution in [2.75, 3.05) is 6.54 Å². The summed E-state index contributed by atoms with van der Waals surface area (Å²) >= 11 is 7.59. The van der Waals surface area contributed by atoms with Crippen molar-refractivity contribution in [1.29, 1.82) is 0 Å². The van der Waals surface area contributed by atoms with Gasteiger partial charge in [-0.05, 0) is 31.0 Å². The maximum atomic E-state index is 5.94. The Bertz CT molecular complexity index is 504. The summed E-state index contributed by atoms with van der Waals surface area (Å²) in [6, 6.07) is 4.06. The molecule has 19 heavy (non-hydrogen) atoms. The zero-order valence-electron chi connectivity index (χ0n) is 11.4. The van der Waals surface area contributed by atoms with Gasteiger partial charge in [0.05, 0.1) is 16.4 Å². The molecular formula is C14H20ClN3S. The molecule has 0 spiro atoms. The Morgan fingerprint density at radius 1 is 1.42 bits per heavy atom. The molecule has 2 rings (SSSR count). The van der Waals surface area contributed by atoms with Crippen LogP contribution in [0, 0.1) is 5.92 Å². The second kappa shape index (κ2) is 7.08. The molecule has 2 heterocycles. The van der Waals surface area contributed by atoms with Crippen LogP contribution in [-0.4, -0.2) is 16.1 Å². The van der Waals surface area contributed by atoms with Gasteiger partial charge in [-0.2, -0.15) is 0 Å². The minimum atomic E-state index is 0.671. The summed E-state index contributed by atoms with van der Waals surface area (Å²) in [5.41, 5.74) is 1.24. The minimum absolute atomic E-state index is 0.671. The molecule has 0 aliphatic heterocycles. The van der Waals surface area contributed by atoms with Crippen molar-refractivity contribution in [3.8, 4) is 0 Å². The van der Waals surface area contributed by atoms with Crippen LogP contribution in [-0.2, 0) is 19.5 Å². The van der Waals surface area contributed by atoms with E-state index in [-0.39, 0.29) is 0 Å². The van der Waals surface area contributed by atoms with Crippen LogP contribution in [0.15, 0.2) is 24.7 Å². The van der Waals surface area contributed by atoms with E-state index in [1.807, 2.05) is 18.6 Å². The monoisotopic (exact) mass is 297 g/mol. The average molecular weight is 298 g/mol. The smallest absolute Gasteiger partial charge is 0.0948 e. The van der Waals surface area contributed by atoms with Gasteiger partial charge >= 0.3 is 0 Å². The molecule has 0 saturated heterocycles. The molecular weight excluding hydrogens is 278 g/mol. The molecule has 2 aromatic rings. The van der Waals surface area contributed by atoms with Crippen LogP contribution in [0.5, 0.6) is 0 Å². The van der Waals surface area contributed by atoms with E-state index in [1.165, 1.54) is 10.6 Å². The number of imidazole rings is 1. The number of rotatable bonds is 7. The second-order valence-electron chi connectivity index (χ2n) is 5.06. The lowest BCUT2D eigenvalue weighted by molar-refractivity contribution is 0.534. The number of nitrogens with one attached hydrogen (secondary N) is 1. The lowest BCUT2D eigenvalue weighted by atomic mass is 10.2. The number of hydrogen-bond acceptors (Lipinski definition) is 3. The highest BCUT2D eigenvalue weighted by Crippen LogP contribution is 2.22. The summed E-state index contributed by atoms with van der Waals surface area (Å²) < 4.78 is 3.07. The van der Waals surface area contributed by atoms with E-state index in [0.29, 0.717) is 5.92 Å². The lowest BCUT2D eigenvalue weighted by Crippen LogP contribution is -2.21. The number of aryl methyl sites for hydroxylation is 2. The molecule has 1 N–H and O–H groups in total. The SMILES string of the molecule is CC(C)CNCc1cncn1CCc1ccc(Cl)s1. The molecule has 3 nitrogen and oxygen atoms in total. The Hall–Kier alpha value is -0.840. The Morgan fingerprint density at radius 2 is 2.26 bits per heavy atom. The topological polar surface area (TPSA) is 29.9 Å². The van der Waals surface area contributed by atoms with Gasteiger partial charge in [-0.3, -0.25) is 0 Å². The van der Waals surface area contributed by atoms with Gasteiger partial charge in [0.15, 0.2) is 0 Å². The first kappa shape index (κ1) is 14.6. The number of halogens is 1. The van der Waals surface area contributed by atoms with Gasteiger partial charge in [0.1, 0.15) is 0 Å². The van der Waals surface area contributed by atoms with Crippen molar-refractivity contribution in [3.63, 3.8) is 0 Å². The third-order valence-corrected chi connectivity index (χ3v) is 4.18. The largest absolute Gasteiger partial charge is 0.333 e. The molecule has 0 amide bonds. The summed E-state index contributed by atoms with van der Waals surface area (Å²) in [7, 11) is 0. The molecule has 0 bridgehead atoms. The number of nitrogens with zero attached hydrogens (tertiary/aromatic N) is 2. The van der Waals surface area contributed by atoms with Gasteiger partial charge in [0, 0.05) is 24.2 Å². The molecule has 0 aliphatic rings. The first-order valence-electron chi connectivity index (χ1n) is 6.59. The van der Waals surface area contributed by atoms with Crippen molar-refractivity contribution in [3.05, 3.63) is 39.6 Å². The molecule has 104 valence electrons. The first-order chi connectivity index (χ1) is 9.15. The molecule has 2 aromatic heterocycles. The van der Waals surface area contributed by atoms with Crippen LogP contribution in [0.4, 0.5) is 0 Å². The van der Waals surface area contributed by atoms with E-state index in [1.54, 1.807) is 11.3 Å². The predicted molar refractivity (Wildman–Crippen MR) is 81.8 cm³/mol. The highest BCUT2D eigenvalue weighted by Gasteiger charge is 2.04. The van der Waals surface area contributed by atoms with E-state index in [2.05, 4.69) is 34.8 Å². The highest BCUT2D eigenvalue weighted by molar-refractivity contribution is 7.16. The van der Waals surface area contributed by atoms with Gasteiger partial charge in [0.25, 0.3) is 0 Å². The van der Waals surface area contributed by atoms with Crippen molar-refractivity contribution in [2.45, 2.75) is 33.4 Å². The third-order valence-electron chi connectivity index (χ3n) is 2.89. The summed E-state index contributed by atoms with van der Waals surface area (Å²) in [6.07, 6.45) is 4.85. The molecule has 0 aliphatic carbocycles. The number of hydrogen-bond donors (Lipinski definition) is 1. The first-order valence-corrected chi connectivity index (χ1v) is 7.78. The zero-order valence-corrected chi connectivity index (χ0v) is 13.0. The Balaban J connectivity index is 1.85. The van der Waals surface area contributed by atoms with Crippen LogP contribution in [0.1, 0.15) is 24.4 Å². The van der Waals surface area contributed by atoms with Gasteiger partial charge in [0.2, 0.25) is 0 Å². The Labute approximate surface area is 123 Å².